The van der Waals surface area contributed by atoms with Crippen LogP contribution in [0.5, 0.6) is 23.0 Å². The highest BCUT2D eigenvalue weighted by Gasteiger charge is 2.31. The van der Waals surface area contributed by atoms with Crippen LogP contribution in [-0.2, 0) is 4.79 Å². The van der Waals surface area contributed by atoms with Crippen molar-refractivity contribution in [2.24, 2.45) is 5.73 Å². The second kappa shape index (κ2) is 12.0. The number of benzene rings is 3. The van der Waals surface area contributed by atoms with E-state index < -0.39 is 17.7 Å². The van der Waals surface area contributed by atoms with Crippen LogP contribution in [0.15, 0.2) is 78.2 Å². The largest absolute Gasteiger partial charge is 0.494 e. The van der Waals surface area contributed by atoms with Crippen LogP contribution < -0.4 is 24.7 Å². The van der Waals surface area contributed by atoms with Crippen molar-refractivity contribution in [2.75, 3.05) is 13.2 Å². The lowest BCUT2D eigenvalue weighted by Gasteiger charge is -2.26. The molecule has 0 radical (unpaired) electrons. The van der Waals surface area contributed by atoms with Gasteiger partial charge in [0.05, 0.1) is 12.5 Å². The van der Waals surface area contributed by atoms with E-state index in [0.717, 1.165) is 30.6 Å². The summed E-state index contributed by atoms with van der Waals surface area (Å²) in [4.78, 5) is 12.3. The fourth-order valence-electron chi connectivity index (χ4n) is 3.97. The maximum Gasteiger partial charge on any atom is 0.349 e. The summed E-state index contributed by atoms with van der Waals surface area (Å²) in [6.07, 6.45) is 3.24. The Morgan fingerprint density at radius 2 is 1.68 bits per heavy atom. The van der Waals surface area contributed by atoms with Gasteiger partial charge < -0.3 is 24.7 Å². The van der Waals surface area contributed by atoms with E-state index in [4.69, 9.17) is 24.7 Å². The number of hydrogen-bond acceptors (Lipinski definition) is 7. The molecule has 8 heteroatoms. The van der Waals surface area contributed by atoms with Crippen molar-refractivity contribution in [3.8, 4) is 29.1 Å². The molecule has 3 aromatic rings. The highest BCUT2D eigenvalue weighted by atomic mass is 19.1. The number of carbonyl (C=O) groups excluding carboxylic acids is 1. The monoisotopic (exact) mass is 502 g/mol. The zero-order chi connectivity index (χ0) is 26.2. The quantitative estimate of drug-likeness (QED) is 0.219. The molecule has 0 saturated heterocycles. The third-order valence-electron chi connectivity index (χ3n) is 5.82. The van der Waals surface area contributed by atoms with Crippen molar-refractivity contribution in [3.05, 3.63) is 95.1 Å². The molecular weight excluding hydrogens is 475 g/mol. The summed E-state index contributed by atoms with van der Waals surface area (Å²) in [5.41, 5.74) is 7.94. The SMILES string of the molecule is CCCCCOc1ccc(C2C(C#N)=C(N)Oc3cc(OC(=O)COc4ccc(F)cc4)ccc32)cc1. The van der Waals surface area contributed by atoms with Crippen LogP contribution in [0.25, 0.3) is 0 Å². The molecule has 2 N–H and O–H groups in total. The Balaban J connectivity index is 1.48. The van der Waals surface area contributed by atoms with Crippen LogP contribution in [0.4, 0.5) is 4.39 Å². The Morgan fingerprint density at radius 1 is 1.00 bits per heavy atom. The fraction of sp³-hybridized carbons (Fsp3) is 0.241. The van der Waals surface area contributed by atoms with Crippen LogP contribution in [0.1, 0.15) is 43.2 Å². The van der Waals surface area contributed by atoms with E-state index in [2.05, 4.69) is 13.0 Å². The number of ether oxygens (including phenoxy) is 4. The minimum Gasteiger partial charge on any atom is -0.494 e. The van der Waals surface area contributed by atoms with Crippen LogP contribution >= 0.6 is 0 Å². The van der Waals surface area contributed by atoms with Gasteiger partial charge in [-0.3, -0.25) is 0 Å². The zero-order valence-corrected chi connectivity index (χ0v) is 20.4. The van der Waals surface area contributed by atoms with E-state index >= 15 is 0 Å². The molecule has 1 aliphatic rings. The summed E-state index contributed by atoms with van der Waals surface area (Å²) >= 11 is 0. The molecule has 0 aliphatic carbocycles. The molecule has 0 amide bonds. The van der Waals surface area contributed by atoms with Gasteiger partial charge in [0, 0.05) is 11.6 Å². The molecule has 3 aromatic carbocycles. The first-order chi connectivity index (χ1) is 18.0. The first-order valence-electron chi connectivity index (χ1n) is 12.0. The van der Waals surface area contributed by atoms with Crippen molar-refractivity contribution < 1.29 is 28.1 Å². The second-order valence-corrected chi connectivity index (χ2v) is 8.47. The smallest absolute Gasteiger partial charge is 0.349 e. The molecule has 0 saturated carbocycles. The average Bonchev–Trinajstić information content (AvgIpc) is 2.90. The molecule has 190 valence electrons. The van der Waals surface area contributed by atoms with Gasteiger partial charge >= 0.3 is 5.97 Å². The van der Waals surface area contributed by atoms with Crippen LogP contribution in [-0.4, -0.2) is 19.2 Å². The molecule has 0 spiro atoms. The number of allylic oxidation sites excluding steroid dienone is 1. The summed E-state index contributed by atoms with van der Waals surface area (Å²) in [5, 5.41) is 9.79. The predicted molar refractivity (Wildman–Crippen MR) is 135 cm³/mol. The number of nitrogens with two attached hydrogens (primary N) is 1. The number of halogens is 1. The second-order valence-electron chi connectivity index (χ2n) is 8.47. The van der Waals surface area contributed by atoms with Gasteiger partial charge in [0.25, 0.3) is 0 Å². The third kappa shape index (κ3) is 6.39. The number of nitriles is 1. The standard InChI is InChI=1S/C29H27FN2O5/c1-2-3-4-15-34-21-9-5-19(6-10-21)28-24-14-13-23(16-26(24)37-29(32)25(28)17-31)36-27(33)18-35-22-11-7-20(30)8-12-22/h5-14,16,28H,2-4,15,18,32H2,1H3. The van der Waals surface area contributed by atoms with Gasteiger partial charge in [-0.25, -0.2) is 9.18 Å². The molecule has 0 fully saturated rings. The first-order valence-corrected chi connectivity index (χ1v) is 12.0. The van der Waals surface area contributed by atoms with Crippen molar-refractivity contribution in [2.45, 2.75) is 32.1 Å². The van der Waals surface area contributed by atoms with Gasteiger partial charge in [-0.05, 0) is 54.4 Å². The maximum atomic E-state index is 13.0. The molecule has 0 aromatic heterocycles. The predicted octanol–water partition coefficient (Wildman–Crippen LogP) is 5.60. The Bertz CT molecular complexity index is 1310. The van der Waals surface area contributed by atoms with Crippen LogP contribution in [0, 0.1) is 17.1 Å². The number of hydrogen-bond donors (Lipinski definition) is 1. The summed E-state index contributed by atoms with van der Waals surface area (Å²) < 4.78 is 35.2. The minimum absolute atomic E-state index is 0.0111. The van der Waals surface area contributed by atoms with Gasteiger partial charge in [-0.15, -0.1) is 0 Å². The number of fused-ring (bicyclic) bond motifs is 1. The van der Waals surface area contributed by atoms with E-state index in [0.29, 0.717) is 29.2 Å². The molecule has 37 heavy (non-hydrogen) atoms. The number of carbonyl (C=O) groups is 1. The number of unbranched alkanes of at least 4 members (excludes halogenated alkanes) is 2. The lowest BCUT2D eigenvalue weighted by Crippen LogP contribution is -2.21. The molecule has 1 unspecified atom stereocenters. The number of rotatable bonds is 10. The van der Waals surface area contributed by atoms with Gasteiger partial charge in [0.15, 0.2) is 6.61 Å². The number of nitrogens with zero attached hydrogens (tertiary/aromatic N) is 1. The Labute approximate surface area is 214 Å². The molecule has 1 atom stereocenters. The van der Waals surface area contributed by atoms with E-state index in [1.165, 1.54) is 24.3 Å². The van der Waals surface area contributed by atoms with Crippen LogP contribution in [0.3, 0.4) is 0 Å². The Morgan fingerprint density at radius 3 is 2.38 bits per heavy atom. The summed E-state index contributed by atoms with van der Waals surface area (Å²) in [7, 11) is 0. The van der Waals surface area contributed by atoms with Crippen molar-refractivity contribution in [3.63, 3.8) is 0 Å². The summed E-state index contributed by atoms with van der Waals surface area (Å²) in [5.74, 6) is 0.203. The fourth-order valence-corrected chi connectivity index (χ4v) is 3.97. The van der Waals surface area contributed by atoms with Gasteiger partial charge in [-0.1, -0.05) is 38.0 Å². The lowest BCUT2D eigenvalue weighted by molar-refractivity contribution is -0.136. The Kier molecular flexibility index (Phi) is 8.26. The highest BCUT2D eigenvalue weighted by Crippen LogP contribution is 2.43. The number of esters is 1. The van der Waals surface area contributed by atoms with Crippen molar-refractivity contribution in [1.82, 2.24) is 0 Å². The third-order valence-corrected chi connectivity index (χ3v) is 5.82. The molecular formula is C29H27FN2O5. The average molecular weight is 503 g/mol. The van der Waals surface area contributed by atoms with Gasteiger partial charge in [-0.2, -0.15) is 5.26 Å². The van der Waals surface area contributed by atoms with E-state index in [-0.39, 0.29) is 18.2 Å². The first kappa shape index (κ1) is 25.6. The van der Waals surface area contributed by atoms with Gasteiger partial charge in [0.2, 0.25) is 5.88 Å². The van der Waals surface area contributed by atoms with E-state index in [1.54, 1.807) is 18.2 Å². The molecule has 7 nitrogen and oxygen atoms in total. The van der Waals surface area contributed by atoms with E-state index in [1.807, 2.05) is 24.3 Å². The Hall–Kier alpha value is -4.51. The molecule has 0 bridgehead atoms. The molecule has 4 rings (SSSR count). The summed E-state index contributed by atoms with van der Waals surface area (Å²) in [6.45, 7) is 2.43. The van der Waals surface area contributed by atoms with Crippen LogP contribution in [0.2, 0.25) is 0 Å². The lowest BCUT2D eigenvalue weighted by atomic mass is 9.83. The normalized spacial score (nSPS) is 14.2. The van der Waals surface area contributed by atoms with Crippen molar-refractivity contribution >= 4 is 5.97 Å². The topological polar surface area (TPSA) is 104 Å². The van der Waals surface area contributed by atoms with Gasteiger partial charge in [0.1, 0.15) is 40.5 Å². The molecule has 1 heterocycles. The summed E-state index contributed by atoms with van der Waals surface area (Å²) in [6, 6.07) is 19.9. The minimum atomic E-state index is -0.646. The van der Waals surface area contributed by atoms with Crippen molar-refractivity contribution in [1.29, 1.82) is 5.26 Å². The highest BCUT2D eigenvalue weighted by molar-refractivity contribution is 5.74. The van der Waals surface area contributed by atoms with E-state index in [9.17, 15) is 14.4 Å². The zero-order valence-electron chi connectivity index (χ0n) is 20.4. The molecule has 1 aliphatic heterocycles. The maximum absolute atomic E-state index is 13.0.